The number of carbonyl (C=O) groups is 1. The van der Waals surface area contributed by atoms with Crippen LogP contribution in [0.25, 0.3) is 0 Å². The van der Waals surface area contributed by atoms with Gasteiger partial charge in [-0.2, -0.15) is 0 Å². The first kappa shape index (κ1) is 17.7. The van der Waals surface area contributed by atoms with E-state index in [1.165, 1.54) is 32.1 Å². The highest BCUT2D eigenvalue weighted by atomic mass is 127. The Morgan fingerprint density at radius 1 is 1.32 bits per heavy atom. The molecule has 1 amide bonds. The third kappa shape index (κ3) is 5.21. The number of halogens is 1. The van der Waals surface area contributed by atoms with Crippen LogP contribution in [0.3, 0.4) is 0 Å². The van der Waals surface area contributed by atoms with Gasteiger partial charge in [0, 0.05) is 22.4 Å². The second kappa shape index (κ2) is 8.84. The average Bonchev–Trinajstić information content (AvgIpc) is 2.51. The number of methoxy groups -OCH3 is 1. The van der Waals surface area contributed by atoms with Gasteiger partial charge in [0.25, 0.3) is 5.91 Å². The van der Waals surface area contributed by atoms with Gasteiger partial charge in [0.05, 0.1) is 0 Å². The van der Waals surface area contributed by atoms with E-state index in [1.807, 2.05) is 24.3 Å². The van der Waals surface area contributed by atoms with Gasteiger partial charge in [-0.1, -0.05) is 32.1 Å². The van der Waals surface area contributed by atoms with Crippen LogP contribution in [0.5, 0.6) is 0 Å². The fourth-order valence-corrected chi connectivity index (χ4v) is 3.51. The SMILES string of the molecule is COC(C(=O)Nc1ccc(I)cc1)[C@H](N)CC1CCCCC1. The summed E-state index contributed by atoms with van der Waals surface area (Å²) in [5.74, 6) is 0.472. The highest BCUT2D eigenvalue weighted by Crippen LogP contribution is 2.28. The molecular formula is C17H25IN2O2. The van der Waals surface area contributed by atoms with E-state index < -0.39 is 6.10 Å². The second-order valence-electron chi connectivity index (χ2n) is 6.06. The fraction of sp³-hybridized carbons (Fsp3) is 0.588. The summed E-state index contributed by atoms with van der Waals surface area (Å²) in [6.45, 7) is 0. The van der Waals surface area contributed by atoms with Crippen molar-refractivity contribution in [2.45, 2.75) is 50.7 Å². The molecule has 1 unspecified atom stereocenters. The maximum absolute atomic E-state index is 12.4. The fourth-order valence-electron chi connectivity index (χ4n) is 3.15. The molecule has 1 aliphatic rings. The molecule has 1 aliphatic carbocycles. The standard InChI is InChI=1S/C17H25IN2O2/c1-22-16(15(19)11-12-5-3-2-4-6-12)17(21)20-14-9-7-13(18)8-10-14/h7-10,12,15-16H,2-6,11,19H2,1H3,(H,20,21)/t15-,16?/m1/s1. The third-order valence-corrected chi connectivity index (χ3v) is 5.06. The lowest BCUT2D eigenvalue weighted by molar-refractivity contribution is -0.127. The van der Waals surface area contributed by atoms with Crippen molar-refractivity contribution in [3.63, 3.8) is 0 Å². The van der Waals surface area contributed by atoms with E-state index >= 15 is 0 Å². The minimum Gasteiger partial charge on any atom is -0.370 e. The predicted octanol–water partition coefficient (Wildman–Crippen LogP) is 3.54. The molecular weight excluding hydrogens is 391 g/mol. The Balaban J connectivity index is 1.90. The first-order valence-corrected chi connectivity index (χ1v) is 9.03. The smallest absolute Gasteiger partial charge is 0.255 e. The van der Waals surface area contributed by atoms with Crippen LogP contribution in [0.15, 0.2) is 24.3 Å². The number of ether oxygens (including phenoxy) is 1. The van der Waals surface area contributed by atoms with Gasteiger partial charge < -0.3 is 15.8 Å². The van der Waals surface area contributed by atoms with E-state index in [0.29, 0.717) is 5.92 Å². The summed E-state index contributed by atoms with van der Waals surface area (Å²) >= 11 is 2.23. The molecule has 3 N–H and O–H groups in total. The molecule has 22 heavy (non-hydrogen) atoms. The van der Waals surface area contributed by atoms with E-state index in [-0.39, 0.29) is 11.9 Å². The van der Waals surface area contributed by atoms with Crippen molar-refractivity contribution < 1.29 is 9.53 Å². The maximum Gasteiger partial charge on any atom is 0.255 e. The van der Waals surface area contributed by atoms with Crippen molar-refractivity contribution in [2.24, 2.45) is 11.7 Å². The van der Waals surface area contributed by atoms with Gasteiger partial charge in [0.2, 0.25) is 0 Å². The van der Waals surface area contributed by atoms with Crippen molar-refractivity contribution in [3.8, 4) is 0 Å². The predicted molar refractivity (Wildman–Crippen MR) is 97.8 cm³/mol. The first-order valence-electron chi connectivity index (χ1n) is 7.95. The van der Waals surface area contributed by atoms with Crippen LogP contribution in [-0.4, -0.2) is 25.2 Å². The van der Waals surface area contributed by atoms with E-state index in [9.17, 15) is 4.79 Å². The lowest BCUT2D eigenvalue weighted by Gasteiger charge is -2.28. The molecule has 0 saturated heterocycles. The topological polar surface area (TPSA) is 64.3 Å². The largest absolute Gasteiger partial charge is 0.370 e. The Hall–Kier alpha value is -0.660. The molecule has 2 atom stereocenters. The van der Waals surface area contributed by atoms with Crippen LogP contribution >= 0.6 is 22.6 Å². The highest BCUT2D eigenvalue weighted by molar-refractivity contribution is 14.1. The molecule has 0 radical (unpaired) electrons. The maximum atomic E-state index is 12.4. The molecule has 4 nitrogen and oxygen atoms in total. The number of nitrogens with one attached hydrogen (secondary N) is 1. The zero-order chi connectivity index (χ0) is 15.9. The Labute approximate surface area is 146 Å². The molecule has 1 fully saturated rings. The van der Waals surface area contributed by atoms with Crippen LogP contribution < -0.4 is 11.1 Å². The van der Waals surface area contributed by atoms with Gasteiger partial charge in [-0.15, -0.1) is 0 Å². The monoisotopic (exact) mass is 416 g/mol. The Morgan fingerprint density at radius 2 is 1.95 bits per heavy atom. The summed E-state index contributed by atoms with van der Waals surface area (Å²) in [7, 11) is 1.55. The molecule has 0 bridgehead atoms. The minimum absolute atomic E-state index is 0.160. The summed E-state index contributed by atoms with van der Waals surface area (Å²) in [5.41, 5.74) is 7.03. The van der Waals surface area contributed by atoms with Gasteiger partial charge in [-0.3, -0.25) is 4.79 Å². The van der Waals surface area contributed by atoms with Gasteiger partial charge in [0.15, 0.2) is 6.10 Å². The average molecular weight is 416 g/mol. The van der Waals surface area contributed by atoms with Crippen LogP contribution in [0.1, 0.15) is 38.5 Å². The summed E-state index contributed by atoms with van der Waals surface area (Å²) in [5, 5.41) is 2.89. The number of amides is 1. The summed E-state index contributed by atoms with van der Waals surface area (Å²) < 4.78 is 6.51. The van der Waals surface area contributed by atoms with Gasteiger partial charge in [0.1, 0.15) is 0 Å². The molecule has 0 heterocycles. The van der Waals surface area contributed by atoms with Crippen LogP contribution in [0.4, 0.5) is 5.69 Å². The molecule has 0 aromatic heterocycles. The molecule has 1 saturated carbocycles. The summed E-state index contributed by atoms with van der Waals surface area (Å²) in [6.07, 6.45) is 6.60. The van der Waals surface area contributed by atoms with E-state index in [1.54, 1.807) is 7.11 Å². The Kier molecular flexibility index (Phi) is 7.11. The van der Waals surface area contributed by atoms with Crippen molar-refractivity contribution in [1.29, 1.82) is 0 Å². The number of anilines is 1. The first-order chi connectivity index (χ1) is 10.6. The van der Waals surface area contributed by atoms with Gasteiger partial charge in [-0.25, -0.2) is 0 Å². The number of nitrogens with two attached hydrogens (primary N) is 1. The Bertz CT molecular complexity index is 472. The Morgan fingerprint density at radius 3 is 2.55 bits per heavy atom. The van der Waals surface area contributed by atoms with Crippen molar-refractivity contribution in [2.75, 3.05) is 12.4 Å². The zero-order valence-corrected chi connectivity index (χ0v) is 15.2. The number of hydrogen-bond donors (Lipinski definition) is 2. The number of rotatable bonds is 6. The highest BCUT2D eigenvalue weighted by Gasteiger charge is 2.28. The molecule has 1 aromatic rings. The van der Waals surface area contributed by atoms with Crippen LogP contribution in [0.2, 0.25) is 0 Å². The van der Waals surface area contributed by atoms with Gasteiger partial charge >= 0.3 is 0 Å². The van der Waals surface area contributed by atoms with E-state index in [0.717, 1.165) is 15.7 Å². The summed E-state index contributed by atoms with van der Waals surface area (Å²) in [4.78, 5) is 12.4. The van der Waals surface area contributed by atoms with E-state index in [4.69, 9.17) is 10.5 Å². The number of carbonyl (C=O) groups excluding carboxylic acids is 1. The summed E-state index contributed by atoms with van der Waals surface area (Å²) in [6, 6.07) is 7.44. The molecule has 122 valence electrons. The zero-order valence-electron chi connectivity index (χ0n) is 13.1. The van der Waals surface area contributed by atoms with Crippen molar-refractivity contribution in [1.82, 2.24) is 0 Å². The molecule has 1 aromatic carbocycles. The molecule has 2 rings (SSSR count). The molecule has 0 spiro atoms. The normalized spacial score (nSPS) is 18.7. The van der Waals surface area contributed by atoms with Crippen LogP contribution in [-0.2, 0) is 9.53 Å². The van der Waals surface area contributed by atoms with Crippen LogP contribution in [0, 0.1) is 9.49 Å². The van der Waals surface area contributed by atoms with E-state index in [2.05, 4.69) is 27.9 Å². The molecule has 0 aliphatic heterocycles. The van der Waals surface area contributed by atoms with Crippen molar-refractivity contribution in [3.05, 3.63) is 27.8 Å². The number of benzene rings is 1. The second-order valence-corrected chi connectivity index (χ2v) is 7.30. The minimum atomic E-state index is -0.596. The lowest BCUT2D eigenvalue weighted by atomic mass is 9.84. The third-order valence-electron chi connectivity index (χ3n) is 4.34. The number of hydrogen-bond acceptors (Lipinski definition) is 3. The quantitative estimate of drug-likeness (QED) is 0.698. The lowest BCUT2D eigenvalue weighted by Crippen LogP contribution is -2.45. The van der Waals surface area contributed by atoms with Gasteiger partial charge in [-0.05, 0) is 59.2 Å². The van der Waals surface area contributed by atoms with Crippen molar-refractivity contribution >= 4 is 34.2 Å². The molecule has 5 heteroatoms.